The third-order valence-electron chi connectivity index (χ3n) is 5.62. The number of hydrogen-bond acceptors (Lipinski definition) is 4. The second-order valence-corrected chi connectivity index (χ2v) is 7.56. The van der Waals surface area contributed by atoms with Crippen LogP contribution in [0, 0.1) is 5.92 Å². The molecule has 8 nitrogen and oxygen atoms in total. The number of carbonyl (C=O) groups is 2. The Labute approximate surface area is 146 Å². The van der Waals surface area contributed by atoms with Gasteiger partial charge in [0.2, 0.25) is 11.8 Å². The molecule has 4 rings (SSSR count). The topological polar surface area (TPSA) is 100 Å². The molecular formula is C17H25N5O3. The summed E-state index contributed by atoms with van der Waals surface area (Å²) < 4.78 is 1.59. The van der Waals surface area contributed by atoms with E-state index in [-0.39, 0.29) is 29.5 Å². The Morgan fingerprint density at radius 2 is 1.88 bits per heavy atom. The highest BCUT2D eigenvalue weighted by atomic mass is 16.2. The van der Waals surface area contributed by atoms with E-state index in [1.54, 1.807) is 4.68 Å². The Balaban J connectivity index is 1.30. The monoisotopic (exact) mass is 347 g/mol. The smallest absolute Gasteiger partial charge is 0.343 e. The van der Waals surface area contributed by atoms with Gasteiger partial charge in [-0.1, -0.05) is 0 Å². The molecule has 2 aliphatic heterocycles. The minimum atomic E-state index is -0.121. The number of nitrogens with zero attached hydrogens (tertiary/aromatic N) is 3. The Morgan fingerprint density at radius 3 is 2.52 bits per heavy atom. The predicted octanol–water partition coefficient (Wildman–Crippen LogP) is 0.529. The van der Waals surface area contributed by atoms with E-state index in [0.29, 0.717) is 38.4 Å². The molecule has 3 aliphatic rings. The lowest BCUT2D eigenvalue weighted by atomic mass is 9.94. The Morgan fingerprint density at radius 1 is 1.12 bits per heavy atom. The van der Waals surface area contributed by atoms with Crippen molar-refractivity contribution in [1.29, 1.82) is 0 Å². The predicted molar refractivity (Wildman–Crippen MR) is 90.0 cm³/mol. The van der Waals surface area contributed by atoms with Crippen LogP contribution in [0.2, 0.25) is 0 Å². The summed E-state index contributed by atoms with van der Waals surface area (Å²) in [4.78, 5) is 40.6. The van der Waals surface area contributed by atoms with Crippen molar-refractivity contribution in [3.8, 4) is 0 Å². The highest BCUT2D eigenvalue weighted by Gasteiger charge is 2.31. The van der Waals surface area contributed by atoms with Crippen LogP contribution in [0.5, 0.6) is 0 Å². The number of nitrogens with one attached hydrogen (secondary N) is 2. The summed E-state index contributed by atoms with van der Waals surface area (Å²) in [6.07, 6.45) is 5.57. The zero-order valence-corrected chi connectivity index (χ0v) is 14.4. The van der Waals surface area contributed by atoms with Crippen molar-refractivity contribution in [3.63, 3.8) is 0 Å². The van der Waals surface area contributed by atoms with E-state index in [9.17, 15) is 14.4 Å². The van der Waals surface area contributed by atoms with E-state index < -0.39 is 0 Å². The molecule has 0 radical (unpaired) electrons. The Bertz CT molecular complexity index is 702. The van der Waals surface area contributed by atoms with Gasteiger partial charge in [-0.25, -0.2) is 9.48 Å². The third-order valence-corrected chi connectivity index (χ3v) is 5.62. The van der Waals surface area contributed by atoms with Crippen LogP contribution in [0.1, 0.15) is 62.7 Å². The number of likely N-dealkylation sites (tertiary alicyclic amines) is 1. The summed E-state index contributed by atoms with van der Waals surface area (Å²) in [5.74, 6) is 1.75. The molecule has 2 N–H and O–H groups in total. The molecule has 1 aromatic heterocycles. The van der Waals surface area contributed by atoms with Crippen LogP contribution in [0.4, 0.5) is 0 Å². The van der Waals surface area contributed by atoms with Crippen LogP contribution in [0.3, 0.4) is 0 Å². The average molecular weight is 347 g/mol. The SMILES string of the molecule is O=C1CCC(CC(=O)N2CCC(n3nc(C4CC4)[nH]c3=O)CC2)CN1. The summed E-state index contributed by atoms with van der Waals surface area (Å²) >= 11 is 0. The number of hydrogen-bond donors (Lipinski definition) is 2. The van der Waals surface area contributed by atoms with E-state index in [2.05, 4.69) is 15.4 Å². The van der Waals surface area contributed by atoms with Gasteiger partial charge >= 0.3 is 5.69 Å². The van der Waals surface area contributed by atoms with Gasteiger partial charge in [-0.15, -0.1) is 0 Å². The largest absolute Gasteiger partial charge is 0.356 e. The first kappa shape index (κ1) is 16.4. The lowest BCUT2D eigenvalue weighted by Crippen LogP contribution is -2.43. The summed E-state index contributed by atoms with van der Waals surface area (Å²) in [7, 11) is 0. The first-order valence-corrected chi connectivity index (χ1v) is 9.33. The molecular weight excluding hydrogens is 322 g/mol. The molecule has 1 saturated carbocycles. The molecule has 25 heavy (non-hydrogen) atoms. The molecule has 0 aromatic carbocycles. The molecule has 1 aliphatic carbocycles. The first-order chi connectivity index (χ1) is 12.1. The second kappa shape index (κ2) is 6.65. The molecule has 1 atom stereocenters. The van der Waals surface area contributed by atoms with Gasteiger partial charge in [0.1, 0.15) is 5.82 Å². The van der Waals surface area contributed by atoms with Crippen molar-refractivity contribution in [2.75, 3.05) is 19.6 Å². The minimum Gasteiger partial charge on any atom is -0.356 e. The van der Waals surface area contributed by atoms with E-state index in [1.165, 1.54) is 0 Å². The zero-order chi connectivity index (χ0) is 17.4. The third kappa shape index (κ3) is 3.62. The van der Waals surface area contributed by atoms with Crippen molar-refractivity contribution in [1.82, 2.24) is 25.0 Å². The van der Waals surface area contributed by atoms with Gasteiger partial charge in [0, 0.05) is 38.4 Å². The van der Waals surface area contributed by atoms with E-state index in [4.69, 9.17) is 0 Å². The number of piperidine rings is 2. The molecule has 2 amide bonds. The average Bonchev–Trinajstić information content (AvgIpc) is 3.40. The molecule has 0 spiro atoms. The number of rotatable bonds is 4. The number of H-pyrrole nitrogens is 1. The standard InChI is InChI=1S/C17H25N5O3/c23-14-4-1-11(10-18-14)9-15(24)21-7-5-13(6-8-21)22-17(25)19-16(20-22)12-2-3-12/h11-13H,1-10H2,(H,18,23)(H,19,20,25). The Hall–Kier alpha value is -2.12. The molecule has 1 unspecified atom stereocenters. The molecule has 8 heteroatoms. The fraction of sp³-hybridized carbons (Fsp3) is 0.765. The molecule has 1 aromatic rings. The number of aromatic nitrogens is 3. The zero-order valence-electron chi connectivity index (χ0n) is 14.4. The summed E-state index contributed by atoms with van der Waals surface area (Å²) in [5.41, 5.74) is -0.121. The minimum absolute atomic E-state index is 0.0780. The van der Waals surface area contributed by atoms with Crippen molar-refractivity contribution in [2.24, 2.45) is 5.92 Å². The number of carbonyl (C=O) groups excluding carboxylic acids is 2. The maximum absolute atomic E-state index is 12.5. The molecule has 3 fully saturated rings. The van der Waals surface area contributed by atoms with Gasteiger partial charge in [-0.2, -0.15) is 5.10 Å². The fourth-order valence-electron chi connectivity index (χ4n) is 3.84. The van der Waals surface area contributed by atoms with Crippen LogP contribution in [-0.2, 0) is 9.59 Å². The van der Waals surface area contributed by atoms with Crippen molar-refractivity contribution >= 4 is 11.8 Å². The van der Waals surface area contributed by atoms with Crippen LogP contribution in [-0.4, -0.2) is 51.1 Å². The molecule has 2 saturated heterocycles. The van der Waals surface area contributed by atoms with Gasteiger partial charge in [-0.3, -0.25) is 14.6 Å². The van der Waals surface area contributed by atoms with Gasteiger partial charge in [0.15, 0.2) is 0 Å². The van der Waals surface area contributed by atoms with E-state index >= 15 is 0 Å². The van der Waals surface area contributed by atoms with Crippen LogP contribution in [0.15, 0.2) is 4.79 Å². The number of amides is 2. The van der Waals surface area contributed by atoms with E-state index in [1.807, 2.05) is 4.90 Å². The number of aromatic amines is 1. The highest BCUT2D eigenvalue weighted by Crippen LogP contribution is 2.37. The van der Waals surface area contributed by atoms with Gasteiger partial charge in [0.05, 0.1) is 6.04 Å². The second-order valence-electron chi connectivity index (χ2n) is 7.56. The van der Waals surface area contributed by atoms with Crippen LogP contribution in [0.25, 0.3) is 0 Å². The van der Waals surface area contributed by atoms with Gasteiger partial charge in [0.25, 0.3) is 0 Å². The fourth-order valence-corrected chi connectivity index (χ4v) is 3.84. The maximum atomic E-state index is 12.5. The van der Waals surface area contributed by atoms with Crippen molar-refractivity contribution < 1.29 is 9.59 Å². The lowest BCUT2D eigenvalue weighted by Gasteiger charge is -2.33. The summed E-state index contributed by atoms with van der Waals surface area (Å²) in [6.45, 7) is 1.94. The van der Waals surface area contributed by atoms with Gasteiger partial charge in [-0.05, 0) is 38.0 Å². The van der Waals surface area contributed by atoms with Crippen molar-refractivity contribution in [3.05, 3.63) is 16.3 Å². The van der Waals surface area contributed by atoms with Gasteiger partial charge < -0.3 is 10.2 Å². The Kier molecular flexibility index (Phi) is 4.35. The quantitative estimate of drug-likeness (QED) is 0.830. The molecule has 0 bridgehead atoms. The molecule has 3 heterocycles. The van der Waals surface area contributed by atoms with E-state index in [0.717, 1.165) is 37.9 Å². The normalized spacial score (nSPS) is 25.0. The summed E-state index contributed by atoms with van der Waals surface area (Å²) in [5, 5.41) is 7.30. The van der Waals surface area contributed by atoms with Crippen molar-refractivity contribution in [2.45, 2.75) is 56.9 Å². The molecule has 136 valence electrons. The van der Waals surface area contributed by atoms with Crippen LogP contribution >= 0.6 is 0 Å². The lowest BCUT2D eigenvalue weighted by molar-refractivity contribution is -0.134. The van der Waals surface area contributed by atoms with Crippen LogP contribution < -0.4 is 11.0 Å². The first-order valence-electron chi connectivity index (χ1n) is 9.33. The summed E-state index contributed by atoms with van der Waals surface area (Å²) in [6, 6.07) is 0.0780. The highest BCUT2D eigenvalue weighted by molar-refractivity contribution is 5.78. The maximum Gasteiger partial charge on any atom is 0.343 e.